The van der Waals surface area contributed by atoms with Crippen LogP contribution in [-0.4, -0.2) is 24.8 Å². The fourth-order valence-electron chi connectivity index (χ4n) is 1.91. The Labute approximate surface area is 122 Å². The van der Waals surface area contributed by atoms with E-state index in [9.17, 15) is 31.1 Å². The van der Waals surface area contributed by atoms with Crippen LogP contribution in [0, 0.1) is 6.92 Å². The summed E-state index contributed by atoms with van der Waals surface area (Å²) in [6.45, 7) is 1.39. The normalized spacial score (nSPS) is 12.6. The number of alkyl halides is 6. The highest BCUT2D eigenvalue weighted by atomic mass is 19.4. The van der Waals surface area contributed by atoms with E-state index in [2.05, 4.69) is 5.32 Å². The zero-order valence-electron chi connectivity index (χ0n) is 11.5. The van der Waals surface area contributed by atoms with Crippen molar-refractivity contribution in [3.05, 3.63) is 29.3 Å². The van der Waals surface area contributed by atoms with Crippen LogP contribution in [0.5, 0.6) is 0 Å². The Balaban J connectivity index is 3.12. The van der Waals surface area contributed by atoms with E-state index in [0.717, 1.165) is 12.1 Å². The second-order valence-corrected chi connectivity index (χ2v) is 4.68. The Morgan fingerprint density at radius 1 is 1.18 bits per heavy atom. The Bertz CT molecular complexity index is 524. The van der Waals surface area contributed by atoms with Gasteiger partial charge in [0.15, 0.2) is 5.92 Å². The first-order chi connectivity index (χ1) is 9.96. The van der Waals surface area contributed by atoms with Crippen LogP contribution in [0.4, 0.5) is 32.0 Å². The highest BCUT2D eigenvalue weighted by Crippen LogP contribution is 2.46. The number of amides is 1. The molecule has 22 heavy (non-hydrogen) atoms. The van der Waals surface area contributed by atoms with Gasteiger partial charge in [-0.2, -0.15) is 26.3 Å². The lowest BCUT2D eigenvalue weighted by Gasteiger charge is -2.24. The van der Waals surface area contributed by atoms with Gasteiger partial charge in [0.2, 0.25) is 5.91 Å². The van der Waals surface area contributed by atoms with E-state index in [1.54, 1.807) is 0 Å². The van der Waals surface area contributed by atoms with Crippen molar-refractivity contribution in [3.8, 4) is 0 Å². The van der Waals surface area contributed by atoms with Gasteiger partial charge in [0.25, 0.3) is 0 Å². The highest BCUT2D eigenvalue weighted by Gasteiger charge is 2.57. The molecule has 0 saturated heterocycles. The first-order valence-corrected chi connectivity index (χ1v) is 6.20. The predicted octanol–water partition coefficient (Wildman–Crippen LogP) is 3.49. The minimum atomic E-state index is -5.45. The summed E-state index contributed by atoms with van der Waals surface area (Å²) in [6, 6.07) is 2.49. The third kappa shape index (κ3) is 4.62. The monoisotopic (exact) mass is 328 g/mol. The molecule has 3 nitrogen and oxygen atoms in total. The molecule has 3 N–H and O–H groups in total. The van der Waals surface area contributed by atoms with E-state index in [4.69, 9.17) is 5.73 Å². The number of benzene rings is 1. The van der Waals surface area contributed by atoms with Crippen LogP contribution < -0.4 is 11.1 Å². The molecule has 0 fully saturated rings. The molecule has 0 heterocycles. The fraction of sp³-hybridized carbons (Fsp3) is 0.462. The van der Waals surface area contributed by atoms with Gasteiger partial charge in [0.05, 0.1) is 0 Å². The minimum Gasteiger partial charge on any atom is -0.330 e. The number of carbonyl (C=O) groups excluding carboxylic acids is 1. The summed E-state index contributed by atoms with van der Waals surface area (Å²) in [5.41, 5.74) is 4.49. The molecule has 0 bridgehead atoms. The summed E-state index contributed by atoms with van der Waals surface area (Å²) < 4.78 is 75.8. The van der Waals surface area contributed by atoms with Gasteiger partial charge in [0.1, 0.15) is 0 Å². The van der Waals surface area contributed by atoms with Gasteiger partial charge in [-0.15, -0.1) is 0 Å². The van der Waals surface area contributed by atoms with Crippen LogP contribution in [0.2, 0.25) is 0 Å². The van der Waals surface area contributed by atoms with Crippen LogP contribution in [0.15, 0.2) is 18.2 Å². The summed E-state index contributed by atoms with van der Waals surface area (Å²) in [5, 5.41) is 2.37. The molecule has 0 radical (unpaired) electrons. The second-order valence-electron chi connectivity index (χ2n) is 4.68. The first-order valence-electron chi connectivity index (χ1n) is 6.20. The smallest absolute Gasteiger partial charge is 0.330 e. The molecule has 0 spiro atoms. The quantitative estimate of drug-likeness (QED) is 0.831. The Morgan fingerprint density at radius 3 is 2.14 bits per heavy atom. The van der Waals surface area contributed by atoms with Gasteiger partial charge in [0, 0.05) is 18.7 Å². The zero-order chi connectivity index (χ0) is 17.1. The molecule has 1 amide bonds. The van der Waals surface area contributed by atoms with Crippen molar-refractivity contribution in [1.29, 1.82) is 0 Å². The number of anilines is 1. The summed E-state index contributed by atoms with van der Waals surface area (Å²) in [5.74, 6) is -4.03. The van der Waals surface area contributed by atoms with Crippen LogP contribution in [0.25, 0.3) is 0 Å². The maximum atomic E-state index is 12.6. The zero-order valence-corrected chi connectivity index (χ0v) is 11.5. The number of rotatable bonds is 4. The van der Waals surface area contributed by atoms with Gasteiger partial charge in [-0.05, 0) is 24.1 Å². The first kappa shape index (κ1) is 18.3. The van der Waals surface area contributed by atoms with Gasteiger partial charge in [-0.25, -0.2) is 0 Å². The number of carbonyl (C=O) groups is 1. The van der Waals surface area contributed by atoms with E-state index < -0.39 is 29.7 Å². The Hall–Kier alpha value is -1.77. The van der Waals surface area contributed by atoms with Crippen LogP contribution in [-0.2, 0) is 4.79 Å². The molecule has 0 unspecified atom stereocenters. The molecule has 0 aromatic heterocycles. The van der Waals surface area contributed by atoms with Crippen molar-refractivity contribution < 1.29 is 31.1 Å². The average Bonchev–Trinajstić information content (AvgIpc) is 2.29. The van der Waals surface area contributed by atoms with E-state index in [1.807, 2.05) is 0 Å². The summed E-state index contributed by atoms with van der Waals surface area (Å²) >= 11 is 0. The van der Waals surface area contributed by atoms with Crippen molar-refractivity contribution in [2.75, 3.05) is 11.9 Å². The number of hydrogen-bond donors (Lipinski definition) is 2. The molecule has 124 valence electrons. The SMILES string of the molecule is Cc1cc(C(C(F)(F)F)C(F)(F)F)ccc1NC(=O)CCN. The lowest BCUT2D eigenvalue weighted by atomic mass is 9.95. The average molecular weight is 328 g/mol. The fourth-order valence-corrected chi connectivity index (χ4v) is 1.91. The summed E-state index contributed by atoms with van der Waals surface area (Å²) in [6.07, 6.45) is -10.9. The third-order valence-corrected chi connectivity index (χ3v) is 2.88. The van der Waals surface area contributed by atoms with Gasteiger partial charge in [-0.3, -0.25) is 4.79 Å². The molecule has 0 aliphatic carbocycles. The molecule has 0 aliphatic rings. The van der Waals surface area contributed by atoms with Crippen molar-refractivity contribution in [2.45, 2.75) is 31.6 Å². The molecular weight excluding hydrogens is 314 g/mol. The topological polar surface area (TPSA) is 55.1 Å². The molecular formula is C13H14F6N2O. The number of halogens is 6. The molecule has 1 aromatic rings. The number of nitrogens with two attached hydrogens (primary N) is 1. The van der Waals surface area contributed by atoms with Crippen molar-refractivity contribution in [1.82, 2.24) is 0 Å². The molecule has 0 saturated carbocycles. The van der Waals surface area contributed by atoms with Crippen molar-refractivity contribution in [2.24, 2.45) is 5.73 Å². The second kappa shape index (κ2) is 6.55. The summed E-state index contributed by atoms with van der Waals surface area (Å²) in [4.78, 5) is 11.4. The minimum absolute atomic E-state index is 0.00504. The lowest BCUT2D eigenvalue weighted by Crippen LogP contribution is -2.34. The maximum absolute atomic E-state index is 12.6. The number of nitrogens with one attached hydrogen (secondary N) is 1. The van der Waals surface area contributed by atoms with E-state index >= 15 is 0 Å². The van der Waals surface area contributed by atoms with Crippen LogP contribution >= 0.6 is 0 Å². The predicted molar refractivity (Wildman–Crippen MR) is 68.3 cm³/mol. The standard InChI is InChI=1S/C13H14F6N2O/c1-7-6-8(11(12(14,15)16)13(17,18)19)2-3-9(7)21-10(22)4-5-20/h2-3,6,11H,4-5,20H2,1H3,(H,21,22). The Morgan fingerprint density at radius 2 is 1.73 bits per heavy atom. The van der Waals surface area contributed by atoms with Gasteiger partial charge >= 0.3 is 12.4 Å². The molecule has 0 aliphatic heterocycles. The van der Waals surface area contributed by atoms with E-state index in [1.165, 1.54) is 6.92 Å². The molecule has 0 atom stereocenters. The maximum Gasteiger partial charge on any atom is 0.404 e. The van der Waals surface area contributed by atoms with Gasteiger partial charge < -0.3 is 11.1 Å². The van der Waals surface area contributed by atoms with Gasteiger partial charge in [-0.1, -0.05) is 12.1 Å². The molecule has 1 rings (SSSR count). The largest absolute Gasteiger partial charge is 0.404 e. The highest BCUT2D eigenvalue weighted by molar-refractivity contribution is 5.91. The van der Waals surface area contributed by atoms with Crippen LogP contribution in [0.1, 0.15) is 23.5 Å². The third-order valence-electron chi connectivity index (χ3n) is 2.88. The molecule has 9 heteroatoms. The Kier molecular flexibility index (Phi) is 5.44. The van der Waals surface area contributed by atoms with Crippen LogP contribution in [0.3, 0.4) is 0 Å². The van der Waals surface area contributed by atoms with Crippen molar-refractivity contribution >= 4 is 11.6 Å². The molecule has 1 aromatic carbocycles. The number of hydrogen-bond acceptors (Lipinski definition) is 2. The van der Waals surface area contributed by atoms with Crippen molar-refractivity contribution in [3.63, 3.8) is 0 Å². The number of aryl methyl sites for hydroxylation is 1. The lowest BCUT2D eigenvalue weighted by molar-refractivity contribution is -0.253. The van der Waals surface area contributed by atoms with E-state index in [-0.39, 0.29) is 24.2 Å². The summed E-state index contributed by atoms with van der Waals surface area (Å²) in [7, 11) is 0. The van der Waals surface area contributed by atoms with E-state index in [0.29, 0.717) is 6.07 Å².